The van der Waals surface area contributed by atoms with Crippen LogP contribution in [0.25, 0.3) is 11.2 Å². The van der Waals surface area contributed by atoms with Gasteiger partial charge in [-0.25, -0.2) is 14.1 Å². The Morgan fingerprint density at radius 1 is 1.06 bits per heavy atom. The summed E-state index contributed by atoms with van der Waals surface area (Å²) >= 11 is 8.71. The molecular formula is C20H30N10O13P2S2. The number of ether oxygens (including phenoxy) is 1. The Morgan fingerprint density at radius 3 is 2.45 bits per heavy atom. The average molecular weight is 745 g/mol. The van der Waals surface area contributed by atoms with Gasteiger partial charge >= 0.3 is 15.6 Å². The lowest BCUT2D eigenvalue weighted by molar-refractivity contribution is -0.0504. The van der Waals surface area contributed by atoms with Crippen molar-refractivity contribution < 1.29 is 52.3 Å². The molecule has 27 heteroatoms. The van der Waals surface area contributed by atoms with Crippen molar-refractivity contribution in [1.29, 1.82) is 0 Å². The number of hydrogen-bond donors (Lipinski definition) is 13. The maximum absolute atomic E-state index is 12.5. The van der Waals surface area contributed by atoms with Gasteiger partial charge in [0.1, 0.15) is 24.0 Å². The first-order valence-corrected chi connectivity index (χ1v) is 17.3. The molecule has 0 bridgehead atoms. The highest BCUT2D eigenvalue weighted by atomic mass is 32.1. The number of thiol groups is 2. The first kappa shape index (κ1) is 35.5. The number of nitrogens with zero attached hydrogens (tertiary/aromatic N) is 4. The number of H-pyrrole nitrogens is 2. The van der Waals surface area contributed by atoms with Crippen molar-refractivity contribution in [1.82, 2.24) is 29.5 Å². The normalized spacial score (nSPS) is 27.2. The van der Waals surface area contributed by atoms with Crippen molar-refractivity contribution in [3.05, 3.63) is 27.0 Å². The number of rotatable bonds is 12. The van der Waals surface area contributed by atoms with Gasteiger partial charge in [0.05, 0.1) is 31.7 Å². The second-order valence-corrected chi connectivity index (χ2v) is 14.5. The summed E-state index contributed by atoms with van der Waals surface area (Å²) in [6.07, 6.45) is -6.79. The first-order valence-electron chi connectivity index (χ1n) is 13.3. The van der Waals surface area contributed by atoms with Crippen LogP contribution in [0.5, 0.6) is 0 Å². The molecule has 13 N–H and O–H groups in total. The number of anilines is 4. The van der Waals surface area contributed by atoms with E-state index in [4.69, 9.17) is 20.7 Å². The summed E-state index contributed by atoms with van der Waals surface area (Å²) in [7, 11) is -10.8. The van der Waals surface area contributed by atoms with Gasteiger partial charge in [-0.15, -0.1) is 0 Å². The SMILES string of the molecule is Nc1nc2c(c(=O)[nH]1)N[C@@H](C(S)C(S)[C@H](O)COP(=O)(O)OP(=O)(O)OC[C@H]1O[C@@H](n3cnc4c(=O)[nH]c(N)nc43)[C@H](O)[C@@H]1O)CN2. The summed E-state index contributed by atoms with van der Waals surface area (Å²) in [4.78, 5) is 60.6. The number of nitrogens with one attached hydrogen (secondary N) is 4. The second-order valence-electron chi connectivity index (χ2n) is 10.3. The van der Waals surface area contributed by atoms with Gasteiger partial charge in [0, 0.05) is 17.0 Å². The molecule has 5 rings (SSSR count). The van der Waals surface area contributed by atoms with Crippen molar-refractivity contribution in [3.63, 3.8) is 0 Å². The van der Waals surface area contributed by atoms with Gasteiger partial charge in [-0.1, -0.05) is 0 Å². The number of phosphoric acid groups is 2. The van der Waals surface area contributed by atoms with Crippen molar-refractivity contribution in [2.75, 3.05) is 41.9 Å². The van der Waals surface area contributed by atoms with Crippen molar-refractivity contribution in [3.8, 4) is 0 Å². The number of fused-ring (bicyclic) bond motifs is 2. The van der Waals surface area contributed by atoms with Crippen molar-refractivity contribution in [2.45, 2.75) is 47.2 Å². The Kier molecular flexibility index (Phi) is 10.3. The molecule has 0 radical (unpaired) electrons. The maximum Gasteiger partial charge on any atom is 0.481 e. The van der Waals surface area contributed by atoms with Gasteiger partial charge in [0.15, 0.2) is 23.2 Å². The monoisotopic (exact) mass is 744 g/mol. The lowest BCUT2D eigenvalue weighted by atomic mass is 10.0. The zero-order valence-electron chi connectivity index (χ0n) is 23.6. The van der Waals surface area contributed by atoms with Crippen LogP contribution in [-0.2, 0) is 27.2 Å². The fourth-order valence-electron chi connectivity index (χ4n) is 4.71. The van der Waals surface area contributed by atoms with Crippen molar-refractivity contribution in [2.24, 2.45) is 0 Å². The van der Waals surface area contributed by atoms with Crippen LogP contribution in [-0.4, -0.2) is 115 Å². The summed E-state index contributed by atoms with van der Waals surface area (Å²) in [5.74, 6) is -0.160. The third-order valence-electron chi connectivity index (χ3n) is 6.99. The van der Waals surface area contributed by atoms with Crippen LogP contribution < -0.4 is 33.2 Å². The Labute approximate surface area is 273 Å². The van der Waals surface area contributed by atoms with E-state index in [2.05, 4.69) is 69.6 Å². The lowest BCUT2D eigenvalue weighted by Gasteiger charge is -2.34. The molecule has 3 aromatic rings. The number of aliphatic hydroxyl groups excluding tert-OH is 3. The summed E-state index contributed by atoms with van der Waals surface area (Å²) in [5.41, 5.74) is 9.68. The second kappa shape index (κ2) is 13.6. The number of phosphoric ester groups is 2. The fourth-order valence-corrected chi connectivity index (χ4v) is 7.48. The lowest BCUT2D eigenvalue weighted by Crippen LogP contribution is -2.49. The van der Waals surface area contributed by atoms with E-state index in [0.717, 1.165) is 10.9 Å². The van der Waals surface area contributed by atoms with Crippen LogP contribution in [0.2, 0.25) is 0 Å². The van der Waals surface area contributed by atoms with Gasteiger partial charge in [-0.3, -0.25) is 33.2 Å². The van der Waals surface area contributed by atoms with Gasteiger partial charge in [0.2, 0.25) is 11.9 Å². The smallest absolute Gasteiger partial charge is 0.390 e. The maximum atomic E-state index is 12.5. The number of aromatic amines is 2. The molecule has 5 heterocycles. The van der Waals surface area contributed by atoms with Gasteiger partial charge in [-0.05, 0) is 0 Å². The van der Waals surface area contributed by atoms with E-state index in [1.54, 1.807) is 0 Å². The molecule has 1 fully saturated rings. The summed E-state index contributed by atoms with van der Waals surface area (Å²) in [6, 6.07) is -0.603. The molecule has 2 aliphatic rings. The van der Waals surface area contributed by atoms with Crippen LogP contribution in [0.4, 0.5) is 23.4 Å². The minimum absolute atomic E-state index is 0.0716. The number of aromatic nitrogens is 6. The van der Waals surface area contributed by atoms with E-state index in [-0.39, 0.29) is 41.1 Å². The molecule has 0 aromatic carbocycles. The van der Waals surface area contributed by atoms with Gasteiger partial charge < -0.3 is 51.9 Å². The molecule has 3 aromatic heterocycles. The molecule has 1 saturated heterocycles. The van der Waals surface area contributed by atoms with Crippen LogP contribution in [0.1, 0.15) is 6.23 Å². The Balaban J connectivity index is 1.13. The molecule has 0 saturated carbocycles. The molecular weight excluding hydrogens is 714 g/mol. The summed E-state index contributed by atoms with van der Waals surface area (Å²) in [5, 5.41) is 35.4. The topological polar surface area (TPSA) is 358 Å². The summed E-state index contributed by atoms with van der Waals surface area (Å²) < 4.78 is 45.1. The molecule has 0 aliphatic carbocycles. The van der Waals surface area contributed by atoms with Crippen molar-refractivity contribution >= 4 is 75.5 Å². The Hall–Kier alpha value is -2.77. The minimum Gasteiger partial charge on any atom is -0.390 e. The Bertz CT molecular complexity index is 1850. The quantitative estimate of drug-likeness (QED) is 0.0653. The largest absolute Gasteiger partial charge is 0.481 e. The van der Waals surface area contributed by atoms with Gasteiger partial charge in [-0.2, -0.15) is 39.5 Å². The minimum atomic E-state index is -5.39. The van der Waals surface area contributed by atoms with E-state index in [1.807, 2.05) is 0 Å². The molecule has 0 amide bonds. The van der Waals surface area contributed by atoms with Crippen LogP contribution >= 0.6 is 40.9 Å². The van der Waals surface area contributed by atoms with E-state index in [0.29, 0.717) is 0 Å². The number of nitrogens with two attached hydrogens (primary N) is 2. The molecule has 23 nitrogen and oxygen atoms in total. The molecule has 260 valence electrons. The highest BCUT2D eigenvalue weighted by Gasteiger charge is 2.46. The van der Waals surface area contributed by atoms with Crippen LogP contribution in [0.15, 0.2) is 15.9 Å². The molecule has 0 spiro atoms. The average Bonchev–Trinajstić information content (AvgIpc) is 3.53. The molecule has 47 heavy (non-hydrogen) atoms. The van der Waals surface area contributed by atoms with Crippen LogP contribution in [0, 0.1) is 0 Å². The number of hydrogen-bond acceptors (Lipinski definition) is 20. The van der Waals surface area contributed by atoms with Crippen LogP contribution in [0.3, 0.4) is 0 Å². The van der Waals surface area contributed by atoms with Gasteiger partial charge in [0.25, 0.3) is 11.1 Å². The Morgan fingerprint density at radius 2 is 1.72 bits per heavy atom. The highest BCUT2D eigenvalue weighted by Crippen LogP contribution is 2.60. The van der Waals surface area contributed by atoms with E-state index in [9.17, 15) is 43.8 Å². The number of nitrogen functional groups attached to an aromatic ring is 2. The zero-order valence-corrected chi connectivity index (χ0v) is 27.1. The molecule has 4 unspecified atom stereocenters. The van der Waals surface area contributed by atoms with E-state index < -0.39 is 87.2 Å². The highest BCUT2D eigenvalue weighted by molar-refractivity contribution is 7.85. The predicted molar refractivity (Wildman–Crippen MR) is 168 cm³/mol. The molecule has 10 atom stereocenters. The third kappa shape index (κ3) is 7.77. The zero-order chi connectivity index (χ0) is 34.4. The predicted octanol–water partition coefficient (Wildman–Crippen LogP) is -2.90. The number of aliphatic hydroxyl groups is 3. The fraction of sp³-hybridized carbons (Fsp3) is 0.550. The third-order valence-corrected chi connectivity index (χ3v) is 11.2. The van der Waals surface area contributed by atoms with E-state index >= 15 is 0 Å². The number of imidazole rings is 1. The summed E-state index contributed by atoms with van der Waals surface area (Å²) in [6.45, 7) is -1.69. The first-order chi connectivity index (χ1) is 22.0. The standard InChI is InChI=1S/C20H30N10O13P2S2/c21-19-26-14-8(16(34)28-19)25-5(1-23-14)12(46)13(47)6(31)2-40-44(36,37)43-45(38,39)41-3-7-10(32)11(33)18(42-7)30-4-24-9-15(30)27-20(22)29-17(9)35/h4-7,10-13,18,25,31-33,46-47H,1-3H2,(H,36,37)(H,38,39)(H3,22,27,29,35)(H4,21,23,26,28,34)/t5-,6-,7-,10-,11-,12?,13?,18-/m1/s1. The molecule has 2 aliphatic heterocycles. The van der Waals surface area contributed by atoms with E-state index in [1.165, 1.54) is 0 Å².